The standard InChI is InChI=1S/C26H28ClF3N6O/c1-2-23(37)36-11-10-35(15-22(36)26(28,29)30)17-7-5-6-16(12-17)33-25-32-14-20(27)24(34-25)19-13-31-21-9-4-3-8-18(19)21/h2-4,8-9,13-14,16-17,22,31H,1,5-7,10-12,15H2,(H,32,33,34)/t16-,17+,22?/m1/s1. The molecule has 1 saturated carbocycles. The van der Waals surface area contributed by atoms with Crippen molar-refractivity contribution in [3.05, 3.63) is 54.3 Å². The average Bonchev–Trinajstić information content (AvgIpc) is 3.33. The van der Waals surface area contributed by atoms with Gasteiger partial charge in [0.25, 0.3) is 0 Å². The summed E-state index contributed by atoms with van der Waals surface area (Å²) in [5.41, 5.74) is 2.46. The van der Waals surface area contributed by atoms with Gasteiger partial charge in [-0.3, -0.25) is 9.69 Å². The molecule has 5 rings (SSSR count). The number of hydrogen-bond acceptors (Lipinski definition) is 5. The van der Waals surface area contributed by atoms with Gasteiger partial charge in [-0.2, -0.15) is 13.2 Å². The van der Waals surface area contributed by atoms with E-state index < -0.39 is 18.1 Å². The minimum absolute atomic E-state index is 0.00733. The summed E-state index contributed by atoms with van der Waals surface area (Å²) in [6, 6.07) is 6.02. The van der Waals surface area contributed by atoms with Crippen LogP contribution in [0.5, 0.6) is 0 Å². The molecule has 37 heavy (non-hydrogen) atoms. The van der Waals surface area contributed by atoms with Crippen molar-refractivity contribution in [1.82, 2.24) is 24.8 Å². The lowest BCUT2D eigenvalue weighted by Gasteiger charge is -2.46. The minimum atomic E-state index is -4.50. The van der Waals surface area contributed by atoms with Crippen molar-refractivity contribution in [3.8, 4) is 11.3 Å². The number of anilines is 1. The van der Waals surface area contributed by atoms with Crippen LogP contribution in [-0.2, 0) is 4.79 Å². The molecule has 1 aromatic carbocycles. The number of carbonyl (C=O) groups is 1. The first-order chi connectivity index (χ1) is 17.7. The Morgan fingerprint density at radius 2 is 2.05 bits per heavy atom. The van der Waals surface area contributed by atoms with E-state index in [1.807, 2.05) is 35.4 Å². The number of carbonyl (C=O) groups excluding carboxylic acids is 1. The van der Waals surface area contributed by atoms with Crippen LogP contribution in [0.15, 0.2) is 49.3 Å². The Hall–Kier alpha value is -3.11. The lowest BCUT2D eigenvalue weighted by Crippen LogP contribution is -2.62. The van der Waals surface area contributed by atoms with Crippen LogP contribution >= 0.6 is 11.6 Å². The van der Waals surface area contributed by atoms with Crippen molar-refractivity contribution in [3.63, 3.8) is 0 Å². The Morgan fingerprint density at radius 1 is 1.24 bits per heavy atom. The summed E-state index contributed by atoms with van der Waals surface area (Å²) in [5.74, 6) is -0.249. The third-order valence-corrected chi connectivity index (χ3v) is 7.61. The summed E-state index contributed by atoms with van der Waals surface area (Å²) >= 11 is 6.45. The van der Waals surface area contributed by atoms with E-state index in [1.165, 1.54) is 0 Å². The molecule has 2 fully saturated rings. The molecule has 3 atom stereocenters. The highest BCUT2D eigenvalue weighted by Crippen LogP contribution is 2.34. The molecule has 0 bridgehead atoms. The van der Waals surface area contributed by atoms with Gasteiger partial charge in [0, 0.05) is 54.4 Å². The second-order valence-electron chi connectivity index (χ2n) is 9.59. The van der Waals surface area contributed by atoms with Crippen molar-refractivity contribution in [1.29, 1.82) is 0 Å². The molecule has 2 aromatic heterocycles. The van der Waals surface area contributed by atoms with E-state index in [0.717, 1.165) is 46.7 Å². The normalized spacial score (nSPS) is 23.2. The summed E-state index contributed by atoms with van der Waals surface area (Å²) in [4.78, 5) is 27.1. The number of H-pyrrole nitrogens is 1. The number of halogens is 4. The molecular formula is C26H28ClF3N6O. The Morgan fingerprint density at radius 3 is 2.84 bits per heavy atom. The summed E-state index contributed by atoms with van der Waals surface area (Å²) in [7, 11) is 0. The number of para-hydroxylation sites is 1. The monoisotopic (exact) mass is 532 g/mol. The largest absolute Gasteiger partial charge is 0.410 e. The smallest absolute Gasteiger partial charge is 0.360 e. The van der Waals surface area contributed by atoms with Crippen molar-refractivity contribution < 1.29 is 18.0 Å². The quantitative estimate of drug-likeness (QED) is 0.438. The zero-order valence-corrected chi connectivity index (χ0v) is 20.9. The SMILES string of the molecule is C=CC(=O)N1CCN([C@H]2CCC[C@@H](Nc3ncc(Cl)c(-c4c[nH]c5ccccc45)n3)C2)CC1C(F)(F)F. The number of nitrogens with one attached hydrogen (secondary N) is 2. The third kappa shape index (κ3) is 5.31. The van der Waals surface area contributed by atoms with Gasteiger partial charge in [-0.25, -0.2) is 9.97 Å². The first-order valence-electron chi connectivity index (χ1n) is 12.3. The molecule has 1 saturated heterocycles. The average molecular weight is 533 g/mol. The fourth-order valence-corrected chi connectivity index (χ4v) is 5.69. The molecule has 1 amide bonds. The molecule has 196 valence electrons. The van der Waals surface area contributed by atoms with Crippen molar-refractivity contribution in [2.45, 2.75) is 50.0 Å². The van der Waals surface area contributed by atoms with E-state index in [0.29, 0.717) is 29.6 Å². The first kappa shape index (κ1) is 25.5. The summed E-state index contributed by atoms with van der Waals surface area (Å²) in [6.45, 7) is 3.54. The number of fused-ring (bicyclic) bond motifs is 1. The van der Waals surface area contributed by atoms with Crippen LogP contribution in [0.1, 0.15) is 25.7 Å². The van der Waals surface area contributed by atoms with Gasteiger partial charge in [0.1, 0.15) is 6.04 Å². The van der Waals surface area contributed by atoms with Crippen molar-refractivity contribution >= 4 is 34.4 Å². The van der Waals surface area contributed by atoms with Crippen molar-refractivity contribution in [2.24, 2.45) is 0 Å². The summed E-state index contributed by atoms with van der Waals surface area (Å²) in [5, 5.41) is 4.82. The molecule has 7 nitrogen and oxygen atoms in total. The van der Waals surface area contributed by atoms with E-state index in [2.05, 4.69) is 26.8 Å². The highest BCUT2D eigenvalue weighted by Gasteiger charge is 2.48. The number of aromatic nitrogens is 3. The first-order valence-corrected chi connectivity index (χ1v) is 12.7. The van der Waals surface area contributed by atoms with Crippen molar-refractivity contribution in [2.75, 3.05) is 25.0 Å². The van der Waals surface area contributed by atoms with Gasteiger partial charge in [0.05, 0.1) is 16.9 Å². The maximum absolute atomic E-state index is 13.8. The molecule has 0 spiro atoms. The van der Waals surface area contributed by atoms with E-state index >= 15 is 0 Å². The maximum atomic E-state index is 13.8. The van der Waals surface area contributed by atoms with E-state index in [9.17, 15) is 18.0 Å². The number of benzene rings is 1. The van der Waals surface area contributed by atoms with Crippen LogP contribution in [0.3, 0.4) is 0 Å². The third-order valence-electron chi connectivity index (χ3n) is 7.33. The second-order valence-corrected chi connectivity index (χ2v) is 10.00. The van der Waals surface area contributed by atoms with Crippen LogP contribution in [0, 0.1) is 0 Å². The minimum Gasteiger partial charge on any atom is -0.360 e. The number of rotatable bonds is 5. The number of amides is 1. The van der Waals surface area contributed by atoms with Gasteiger partial charge in [-0.1, -0.05) is 36.4 Å². The topological polar surface area (TPSA) is 77.2 Å². The van der Waals surface area contributed by atoms with Gasteiger partial charge in [0.15, 0.2) is 0 Å². The lowest BCUT2D eigenvalue weighted by atomic mass is 9.89. The van der Waals surface area contributed by atoms with E-state index in [4.69, 9.17) is 11.6 Å². The molecule has 3 heterocycles. The zero-order valence-electron chi connectivity index (χ0n) is 20.1. The summed E-state index contributed by atoms with van der Waals surface area (Å²) < 4.78 is 41.3. The van der Waals surface area contributed by atoms with Crippen LogP contribution in [0.4, 0.5) is 19.1 Å². The summed E-state index contributed by atoms with van der Waals surface area (Å²) in [6.07, 6.45) is 3.08. The van der Waals surface area contributed by atoms with E-state index in [1.54, 1.807) is 6.20 Å². The number of nitrogens with zero attached hydrogens (tertiary/aromatic N) is 4. The number of alkyl halides is 3. The highest BCUT2D eigenvalue weighted by molar-refractivity contribution is 6.33. The molecule has 3 aromatic rings. The molecule has 1 aliphatic carbocycles. The molecule has 0 radical (unpaired) electrons. The molecular weight excluding hydrogens is 505 g/mol. The predicted molar refractivity (Wildman–Crippen MR) is 137 cm³/mol. The Bertz CT molecular complexity index is 1290. The molecule has 2 aliphatic rings. The number of aromatic amines is 1. The second kappa shape index (κ2) is 10.3. The fourth-order valence-electron chi connectivity index (χ4n) is 5.50. The van der Waals surface area contributed by atoms with Crippen LogP contribution in [0.2, 0.25) is 5.02 Å². The van der Waals surface area contributed by atoms with Gasteiger partial charge in [-0.05, 0) is 37.8 Å². The van der Waals surface area contributed by atoms with Gasteiger partial charge in [0.2, 0.25) is 11.9 Å². The number of hydrogen-bond donors (Lipinski definition) is 2. The van der Waals surface area contributed by atoms with E-state index in [-0.39, 0.29) is 25.2 Å². The Kier molecular flexibility index (Phi) is 7.13. The van der Waals surface area contributed by atoms with Crippen LogP contribution in [0.25, 0.3) is 22.2 Å². The highest BCUT2D eigenvalue weighted by atomic mass is 35.5. The Labute approximate surface area is 217 Å². The number of piperazine rings is 1. The molecule has 2 N–H and O–H groups in total. The van der Waals surface area contributed by atoms with Gasteiger partial charge >= 0.3 is 6.18 Å². The fraction of sp³-hybridized carbons (Fsp3) is 0.423. The predicted octanol–water partition coefficient (Wildman–Crippen LogP) is 5.26. The Balaban J connectivity index is 1.30. The van der Waals surface area contributed by atoms with Gasteiger partial charge in [-0.15, -0.1) is 0 Å². The molecule has 1 aliphatic heterocycles. The van der Waals surface area contributed by atoms with Gasteiger partial charge < -0.3 is 15.2 Å². The molecule has 11 heteroatoms. The molecule has 1 unspecified atom stereocenters. The van der Waals surface area contributed by atoms with Crippen LogP contribution < -0.4 is 5.32 Å². The lowest BCUT2D eigenvalue weighted by molar-refractivity contribution is -0.201. The maximum Gasteiger partial charge on any atom is 0.410 e. The zero-order chi connectivity index (χ0) is 26.2. The van der Waals surface area contributed by atoms with Crippen LogP contribution in [-0.4, -0.2) is 74.6 Å².